The standard InChI is InChI=1S/C23H27N3O3S3/c1-4-18-14(2)32-21-20(18)22(28)26(12-16-6-5-11-29-16)23(25-21)31-13-19(27)24-15-7-9-17(30-3)10-8-15/h7-10,16H,4-6,11-13H2,1-3H3,(H,24,27). The molecule has 2 aromatic heterocycles. The fourth-order valence-electron chi connectivity index (χ4n) is 3.92. The van der Waals surface area contributed by atoms with E-state index >= 15 is 0 Å². The molecule has 3 aromatic rings. The summed E-state index contributed by atoms with van der Waals surface area (Å²) in [4.78, 5) is 33.9. The minimum Gasteiger partial charge on any atom is -0.376 e. The van der Waals surface area contributed by atoms with Gasteiger partial charge in [-0.3, -0.25) is 14.2 Å². The topological polar surface area (TPSA) is 73.2 Å². The molecular formula is C23H27N3O3S3. The van der Waals surface area contributed by atoms with Crippen molar-refractivity contribution in [3.63, 3.8) is 0 Å². The van der Waals surface area contributed by atoms with Gasteiger partial charge in [-0.1, -0.05) is 18.7 Å². The number of carbonyl (C=O) groups is 1. The SMILES string of the molecule is CCc1c(C)sc2nc(SCC(=O)Nc3ccc(SC)cc3)n(CC3CCCO3)c(=O)c12. The number of nitrogens with one attached hydrogen (secondary N) is 1. The molecule has 32 heavy (non-hydrogen) atoms. The number of hydrogen-bond donors (Lipinski definition) is 1. The summed E-state index contributed by atoms with van der Waals surface area (Å²) in [7, 11) is 0. The van der Waals surface area contributed by atoms with Crippen LogP contribution in [0.25, 0.3) is 10.2 Å². The van der Waals surface area contributed by atoms with Crippen molar-refractivity contribution in [3.05, 3.63) is 45.1 Å². The van der Waals surface area contributed by atoms with Gasteiger partial charge in [-0.2, -0.15) is 0 Å². The molecule has 1 unspecified atom stereocenters. The summed E-state index contributed by atoms with van der Waals surface area (Å²) in [5, 5.41) is 4.22. The van der Waals surface area contributed by atoms with Crippen LogP contribution in [0.5, 0.6) is 0 Å². The third-order valence-electron chi connectivity index (χ3n) is 5.55. The molecule has 0 aliphatic carbocycles. The first-order valence-corrected chi connectivity index (χ1v) is 13.7. The van der Waals surface area contributed by atoms with Crippen molar-refractivity contribution in [1.29, 1.82) is 0 Å². The zero-order valence-electron chi connectivity index (χ0n) is 18.5. The van der Waals surface area contributed by atoms with E-state index in [-0.39, 0.29) is 23.3 Å². The highest BCUT2D eigenvalue weighted by Crippen LogP contribution is 2.30. The third kappa shape index (κ3) is 5.06. The lowest BCUT2D eigenvalue weighted by atomic mass is 10.1. The molecule has 1 N–H and O–H groups in total. The molecule has 0 spiro atoms. The minimum absolute atomic E-state index is 0.0138. The Morgan fingerprint density at radius 2 is 2.12 bits per heavy atom. The monoisotopic (exact) mass is 489 g/mol. The molecule has 0 bridgehead atoms. The van der Waals surface area contributed by atoms with Crippen molar-refractivity contribution in [1.82, 2.24) is 9.55 Å². The summed E-state index contributed by atoms with van der Waals surface area (Å²) < 4.78 is 7.51. The van der Waals surface area contributed by atoms with Crippen LogP contribution < -0.4 is 10.9 Å². The Balaban J connectivity index is 1.58. The first-order valence-electron chi connectivity index (χ1n) is 10.7. The van der Waals surface area contributed by atoms with E-state index in [0.717, 1.165) is 57.1 Å². The molecule has 1 aliphatic heterocycles. The zero-order chi connectivity index (χ0) is 22.7. The van der Waals surface area contributed by atoms with Gasteiger partial charge in [0.2, 0.25) is 5.91 Å². The second-order valence-corrected chi connectivity index (χ2v) is 10.7. The van der Waals surface area contributed by atoms with Crippen LogP contribution in [0.2, 0.25) is 0 Å². The van der Waals surface area contributed by atoms with Gasteiger partial charge in [0.1, 0.15) is 4.83 Å². The number of aromatic nitrogens is 2. The third-order valence-corrected chi connectivity index (χ3v) is 8.31. The van der Waals surface area contributed by atoms with Gasteiger partial charge >= 0.3 is 0 Å². The number of anilines is 1. The van der Waals surface area contributed by atoms with E-state index < -0.39 is 0 Å². The summed E-state index contributed by atoms with van der Waals surface area (Å²) in [6, 6.07) is 7.75. The van der Waals surface area contributed by atoms with E-state index in [9.17, 15) is 9.59 Å². The predicted molar refractivity (Wildman–Crippen MR) is 135 cm³/mol. The number of benzene rings is 1. The second-order valence-electron chi connectivity index (χ2n) is 7.68. The Labute approximate surface area is 200 Å². The van der Waals surface area contributed by atoms with Crippen LogP contribution in [-0.4, -0.2) is 40.2 Å². The zero-order valence-corrected chi connectivity index (χ0v) is 20.9. The molecule has 4 rings (SSSR count). The van der Waals surface area contributed by atoms with Crippen LogP contribution >= 0.6 is 34.9 Å². The fraction of sp³-hybridized carbons (Fsp3) is 0.435. The Morgan fingerprint density at radius 1 is 1.34 bits per heavy atom. The predicted octanol–water partition coefficient (Wildman–Crippen LogP) is 4.96. The lowest BCUT2D eigenvalue weighted by Crippen LogP contribution is -2.29. The fourth-order valence-corrected chi connectivity index (χ4v) is 6.29. The number of aryl methyl sites for hydroxylation is 2. The molecule has 1 aromatic carbocycles. The maximum absolute atomic E-state index is 13.5. The van der Waals surface area contributed by atoms with E-state index in [4.69, 9.17) is 9.72 Å². The Morgan fingerprint density at radius 3 is 2.78 bits per heavy atom. The van der Waals surface area contributed by atoms with E-state index in [2.05, 4.69) is 12.2 Å². The largest absolute Gasteiger partial charge is 0.376 e. The van der Waals surface area contributed by atoms with Crippen molar-refractivity contribution >= 4 is 56.7 Å². The average molecular weight is 490 g/mol. The molecule has 1 aliphatic rings. The first kappa shape index (κ1) is 23.4. The number of ether oxygens (including phenoxy) is 1. The van der Waals surface area contributed by atoms with Gasteiger partial charge in [0, 0.05) is 22.1 Å². The Hall–Kier alpha value is -1.81. The molecule has 0 radical (unpaired) electrons. The van der Waals surface area contributed by atoms with Gasteiger partial charge in [0.15, 0.2) is 5.16 Å². The van der Waals surface area contributed by atoms with Crippen LogP contribution in [0, 0.1) is 6.92 Å². The lowest BCUT2D eigenvalue weighted by Gasteiger charge is -2.16. The summed E-state index contributed by atoms with van der Waals surface area (Å²) in [6.07, 6.45) is 4.77. The summed E-state index contributed by atoms with van der Waals surface area (Å²) in [5.74, 6) is 0.0557. The van der Waals surface area contributed by atoms with Crippen molar-refractivity contribution in [3.8, 4) is 0 Å². The maximum atomic E-state index is 13.5. The number of amides is 1. The summed E-state index contributed by atoms with van der Waals surface area (Å²) in [5.41, 5.74) is 1.81. The number of rotatable bonds is 8. The van der Waals surface area contributed by atoms with Crippen LogP contribution in [0.3, 0.4) is 0 Å². The van der Waals surface area contributed by atoms with Crippen LogP contribution in [0.4, 0.5) is 5.69 Å². The van der Waals surface area contributed by atoms with Gasteiger partial charge in [0.05, 0.1) is 23.8 Å². The van der Waals surface area contributed by atoms with Crippen LogP contribution in [0.1, 0.15) is 30.2 Å². The smallest absolute Gasteiger partial charge is 0.263 e. The van der Waals surface area contributed by atoms with E-state index in [1.54, 1.807) is 27.7 Å². The number of fused-ring (bicyclic) bond motifs is 1. The van der Waals surface area contributed by atoms with Crippen molar-refractivity contribution < 1.29 is 9.53 Å². The average Bonchev–Trinajstić information content (AvgIpc) is 3.42. The second kappa shape index (κ2) is 10.4. The Bertz CT molecular complexity index is 1170. The molecule has 1 amide bonds. The van der Waals surface area contributed by atoms with Gasteiger partial charge in [0.25, 0.3) is 5.56 Å². The van der Waals surface area contributed by atoms with Gasteiger partial charge in [-0.05, 0) is 62.3 Å². The number of hydrogen-bond acceptors (Lipinski definition) is 7. The summed E-state index contributed by atoms with van der Waals surface area (Å²) in [6.45, 7) is 5.31. The minimum atomic E-state index is -0.124. The molecule has 170 valence electrons. The number of carbonyl (C=O) groups excluding carboxylic acids is 1. The number of nitrogens with zero attached hydrogens (tertiary/aromatic N) is 2. The van der Waals surface area contributed by atoms with E-state index in [0.29, 0.717) is 11.7 Å². The Kier molecular flexibility index (Phi) is 7.60. The molecule has 1 atom stereocenters. The quantitative estimate of drug-likeness (QED) is 0.356. The molecule has 3 heterocycles. The van der Waals surface area contributed by atoms with Crippen molar-refractivity contribution in [2.45, 2.75) is 55.8 Å². The number of thiophene rings is 1. The van der Waals surface area contributed by atoms with Crippen LogP contribution in [-0.2, 0) is 22.5 Å². The lowest BCUT2D eigenvalue weighted by molar-refractivity contribution is -0.113. The first-order chi connectivity index (χ1) is 15.5. The molecule has 9 heteroatoms. The number of thioether (sulfide) groups is 2. The van der Waals surface area contributed by atoms with E-state index in [1.165, 1.54) is 11.8 Å². The molecular weight excluding hydrogens is 462 g/mol. The molecule has 1 fully saturated rings. The normalized spacial score (nSPS) is 16.0. The highest BCUT2D eigenvalue weighted by atomic mass is 32.2. The highest BCUT2D eigenvalue weighted by molar-refractivity contribution is 7.99. The molecule has 1 saturated heterocycles. The molecule has 0 saturated carbocycles. The van der Waals surface area contributed by atoms with Crippen molar-refractivity contribution in [2.75, 3.05) is 23.9 Å². The van der Waals surface area contributed by atoms with E-state index in [1.807, 2.05) is 37.4 Å². The maximum Gasteiger partial charge on any atom is 0.263 e. The van der Waals surface area contributed by atoms with Crippen molar-refractivity contribution in [2.24, 2.45) is 0 Å². The van der Waals surface area contributed by atoms with Gasteiger partial charge < -0.3 is 10.1 Å². The highest BCUT2D eigenvalue weighted by Gasteiger charge is 2.23. The van der Waals surface area contributed by atoms with Gasteiger partial charge in [-0.25, -0.2) is 4.98 Å². The van der Waals surface area contributed by atoms with Gasteiger partial charge in [-0.15, -0.1) is 23.1 Å². The van der Waals surface area contributed by atoms with Crippen LogP contribution in [0.15, 0.2) is 39.1 Å². The summed E-state index contributed by atoms with van der Waals surface area (Å²) >= 11 is 4.51. The molecule has 6 nitrogen and oxygen atoms in total.